The lowest BCUT2D eigenvalue weighted by atomic mass is 10.1. The second-order valence-corrected chi connectivity index (χ2v) is 9.05. The van der Waals surface area contributed by atoms with Crippen molar-refractivity contribution in [2.45, 2.75) is 11.4 Å². The van der Waals surface area contributed by atoms with Gasteiger partial charge in [-0.1, -0.05) is 16.6 Å². The third-order valence-electron chi connectivity index (χ3n) is 5.18. The van der Waals surface area contributed by atoms with E-state index in [4.69, 9.17) is 4.84 Å². The highest BCUT2D eigenvalue weighted by Crippen LogP contribution is 2.18. The van der Waals surface area contributed by atoms with E-state index in [-0.39, 0.29) is 16.5 Å². The molecule has 0 aromatic heterocycles. The second-order valence-electron chi connectivity index (χ2n) is 7.12. The number of nitro benzene ring substituents is 1. The van der Waals surface area contributed by atoms with Crippen LogP contribution >= 0.6 is 0 Å². The molecule has 0 N–H and O–H groups in total. The highest BCUT2D eigenvalue weighted by atomic mass is 32.2. The monoisotopic (exact) mass is 448 g/mol. The number of nitro groups is 1. The molecule has 0 atom stereocenters. The van der Waals surface area contributed by atoms with E-state index in [9.17, 15) is 23.3 Å². The Morgan fingerprint density at radius 2 is 1.77 bits per heavy atom. The Hall–Kier alpha value is -2.86. The van der Waals surface area contributed by atoms with E-state index in [2.05, 4.69) is 4.90 Å². The molecule has 0 saturated carbocycles. The number of nitrogens with zero attached hydrogens (tertiary/aromatic N) is 4. The van der Waals surface area contributed by atoms with Crippen molar-refractivity contribution in [2.24, 2.45) is 0 Å². The minimum atomic E-state index is -3.76. The summed E-state index contributed by atoms with van der Waals surface area (Å²) in [7, 11) is -1.21. The van der Waals surface area contributed by atoms with E-state index in [0.29, 0.717) is 38.3 Å². The van der Waals surface area contributed by atoms with Crippen LogP contribution in [0.5, 0.6) is 0 Å². The van der Waals surface area contributed by atoms with Crippen molar-refractivity contribution in [3.63, 3.8) is 0 Å². The maximum absolute atomic E-state index is 12.8. The molecule has 1 heterocycles. The molecule has 1 fully saturated rings. The quantitative estimate of drug-likeness (QED) is 0.468. The van der Waals surface area contributed by atoms with E-state index in [0.717, 1.165) is 10.0 Å². The molecule has 0 bridgehead atoms. The minimum absolute atomic E-state index is 0.0372. The fraction of sp³-hybridized carbons (Fsp3) is 0.350. The molecule has 0 unspecified atom stereocenters. The van der Waals surface area contributed by atoms with Crippen LogP contribution in [0.15, 0.2) is 53.4 Å². The fourth-order valence-electron chi connectivity index (χ4n) is 3.33. The number of rotatable bonds is 7. The van der Waals surface area contributed by atoms with Gasteiger partial charge in [0.25, 0.3) is 21.6 Å². The van der Waals surface area contributed by atoms with Crippen LogP contribution in [0.2, 0.25) is 0 Å². The molecular weight excluding hydrogens is 424 g/mol. The number of hydroxylamine groups is 1. The highest BCUT2D eigenvalue weighted by Gasteiger charge is 2.24. The molecule has 1 amide bonds. The number of sulfonamides is 1. The minimum Gasteiger partial charge on any atom is -0.336 e. The molecule has 166 valence electrons. The summed E-state index contributed by atoms with van der Waals surface area (Å²) in [6, 6.07) is 12.3. The van der Waals surface area contributed by atoms with Crippen LogP contribution in [-0.4, -0.2) is 73.9 Å². The first-order chi connectivity index (χ1) is 14.7. The summed E-state index contributed by atoms with van der Waals surface area (Å²) >= 11 is 0. The summed E-state index contributed by atoms with van der Waals surface area (Å²) in [5, 5.41) is 10.9. The van der Waals surface area contributed by atoms with Crippen LogP contribution in [0.3, 0.4) is 0 Å². The molecule has 0 aliphatic carbocycles. The molecule has 2 aromatic carbocycles. The number of non-ortho nitro benzene ring substituents is 1. The summed E-state index contributed by atoms with van der Waals surface area (Å²) in [5.74, 6) is -0.168. The van der Waals surface area contributed by atoms with Crippen LogP contribution in [0, 0.1) is 10.1 Å². The average molecular weight is 449 g/mol. The standard InChI is InChI=1S/C20H24N4O6S/c1-21(30-2)31(28,29)19-8-6-17(7-9-19)20(25)23-12-10-22(11-13-23)15-16-4-3-5-18(14-16)24(26)27/h3-9,14H,10-13,15H2,1-2H3. The van der Waals surface area contributed by atoms with Crippen molar-refractivity contribution in [3.8, 4) is 0 Å². The zero-order valence-corrected chi connectivity index (χ0v) is 18.1. The highest BCUT2D eigenvalue weighted by molar-refractivity contribution is 7.89. The first-order valence-electron chi connectivity index (χ1n) is 9.60. The van der Waals surface area contributed by atoms with Crippen molar-refractivity contribution >= 4 is 21.6 Å². The number of hydrogen-bond acceptors (Lipinski definition) is 7. The smallest absolute Gasteiger partial charge is 0.269 e. The Morgan fingerprint density at radius 3 is 2.35 bits per heavy atom. The van der Waals surface area contributed by atoms with Crippen molar-refractivity contribution < 1.29 is 23.0 Å². The predicted octanol–water partition coefficient (Wildman–Crippen LogP) is 1.73. The Labute approximate surface area is 180 Å². The van der Waals surface area contributed by atoms with E-state index >= 15 is 0 Å². The number of benzene rings is 2. The van der Waals surface area contributed by atoms with Crippen LogP contribution in [0.1, 0.15) is 15.9 Å². The molecular formula is C20H24N4O6S. The van der Waals surface area contributed by atoms with Gasteiger partial charge < -0.3 is 4.90 Å². The zero-order chi connectivity index (χ0) is 22.6. The molecule has 0 spiro atoms. The number of piperazine rings is 1. The second kappa shape index (κ2) is 9.52. The summed E-state index contributed by atoms with van der Waals surface area (Å²) in [6.45, 7) is 2.88. The normalized spacial score (nSPS) is 15.3. The van der Waals surface area contributed by atoms with Crippen LogP contribution in [0.25, 0.3) is 0 Å². The Morgan fingerprint density at radius 1 is 1.13 bits per heavy atom. The van der Waals surface area contributed by atoms with Crippen LogP contribution in [0.4, 0.5) is 5.69 Å². The number of carbonyl (C=O) groups excluding carboxylic acids is 1. The van der Waals surface area contributed by atoms with Gasteiger partial charge in [-0.15, -0.1) is 0 Å². The van der Waals surface area contributed by atoms with Gasteiger partial charge in [-0.25, -0.2) is 8.42 Å². The number of carbonyl (C=O) groups is 1. The van der Waals surface area contributed by atoms with Gasteiger partial charge in [-0.2, -0.15) is 0 Å². The molecule has 10 nitrogen and oxygen atoms in total. The average Bonchev–Trinajstić information content (AvgIpc) is 2.78. The Bertz CT molecular complexity index is 1050. The van der Waals surface area contributed by atoms with Gasteiger partial charge in [-0.05, 0) is 29.8 Å². The SMILES string of the molecule is CON(C)S(=O)(=O)c1ccc(C(=O)N2CCN(Cc3cccc([N+](=O)[O-])c3)CC2)cc1. The van der Waals surface area contributed by atoms with Gasteiger partial charge in [0.1, 0.15) is 0 Å². The van der Waals surface area contributed by atoms with Crippen molar-refractivity contribution in [1.82, 2.24) is 14.3 Å². The molecule has 1 aliphatic heterocycles. The van der Waals surface area contributed by atoms with Crippen LogP contribution < -0.4 is 0 Å². The topological polar surface area (TPSA) is 113 Å². The van der Waals surface area contributed by atoms with E-state index in [1.165, 1.54) is 44.5 Å². The lowest BCUT2D eigenvalue weighted by Gasteiger charge is -2.34. The summed E-state index contributed by atoms with van der Waals surface area (Å²) in [6.07, 6.45) is 0. The van der Waals surface area contributed by atoms with Crippen molar-refractivity contribution in [3.05, 3.63) is 69.8 Å². The molecule has 11 heteroatoms. The Kier molecular flexibility index (Phi) is 7.01. The number of amides is 1. The molecule has 2 aromatic rings. The van der Waals surface area contributed by atoms with Gasteiger partial charge in [-0.3, -0.25) is 24.6 Å². The fourth-order valence-corrected chi connectivity index (χ4v) is 4.31. The zero-order valence-electron chi connectivity index (χ0n) is 17.3. The molecule has 1 aliphatic rings. The van der Waals surface area contributed by atoms with Gasteiger partial charge in [0, 0.05) is 57.5 Å². The predicted molar refractivity (Wildman–Crippen MR) is 113 cm³/mol. The maximum atomic E-state index is 12.8. The first-order valence-corrected chi connectivity index (χ1v) is 11.0. The number of hydrogen-bond donors (Lipinski definition) is 0. The molecule has 0 radical (unpaired) electrons. The van der Waals surface area contributed by atoms with Crippen LogP contribution in [-0.2, 0) is 21.4 Å². The summed E-state index contributed by atoms with van der Waals surface area (Å²) < 4.78 is 25.3. The van der Waals surface area contributed by atoms with Crippen molar-refractivity contribution in [1.29, 1.82) is 0 Å². The van der Waals surface area contributed by atoms with E-state index < -0.39 is 14.9 Å². The summed E-state index contributed by atoms with van der Waals surface area (Å²) in [5.41, 5.74) is 1.33. The molecule has 3 rings (SSSR count). The lowest BCUT2D eigenvalue weighted by Crippen LogP contribution is -2.48. The van der Waals surface area contributed by atoms with Gasteiger partial charge in [0.2, 0.25) is 0 Å². The Balaban J connectivity index is 1.59. The molecule has 31 heavy (non-hydrogen) atoms. The third-order valence-corrected chi connectivity index (χ3v) is 6.88. The van der Waals surface area contributed by atoms with E-state index in [1.807, 2.05) is 6.07 Å². The van der Waals surface area contributed by atoms with Gasteiger partial charge in [0.15, 0.2) is 0 Å². The summed E-state index contributed by atoms with van der Waals surface area (Å²) in [4.78, 5) is 31.9. The maximum Gasteiger partial charge on any atom is 0.269 e. The van der Waals surface area contributed by atoms with Gasteiger partial charge >= 0.3 is 0 Å². The third kappa shape index (κ3) is 5.25. The first kappa shape index (κ1) is 22.8. The molecule has 1 saturated heterocycles. The van der Waals surface area contributed by atoms with Crippen molar-refractivity contribution in [2.75, 3.05) is 40.3 Å². The van der Waals surface area contributed by atoms with Gasteiger partial charge in [0.05, 0.1) is 16.9 Å². The van der Waals surface area contributed by atoms with E-state index in [1.54, 1.807) is 17.0 Å². The lowest BCUT2D eigenvalue weighted by molar-refractivity contribution is -0.384. The largest absolute Gasteiger partial charge is 0.336 e.